The molecule has 0 aliphatic carbocycles. The Hall–Kier alpha value is -2.11. The molecule has 0 saturated carbocycles. The zero-order chi connectivity index (χ0) is 15.8. The van der Waals surface area contributed by atoms with Gasteiger partial charge in [0.1, 0.15) is 0 Å². The van der Waals surface area contributed by atoms with E-state index in [1.807, 2.05) is 54.6 Å². The summed E-state index contributed by atoms with van der Waals surface area (Å²) in [7, 11) is 0. The summed E-state index contributed by atoms with van der Waals surface area (Å²) < 4.78 is 1.42. The van der Waals surface area contributed by atoms with E-state index < -0.39 is 0 Å². The summed E-state index contributed by atoms with van der Waals surface area (Å²) in [6, 6.07) is 17.3. The van der Waals surface area contributed by atoms with Gasteiger partial charge < -0.3 is 0 Å². The third-order valence-corrected chi connectivity index (χ3v) is 5.15. The lowest BCUT2D eigenvalue weighted by Gasteiger charge is -2.20. The zero-order valence-electron chi connectivity index (χ0n) is 12.0. The van der Waals surface area contributed by atoms with Crippen molar-refractivity contribution < 1.29 is 4.79 Å². The largest absolute Gasteiger partial charge is 0.272 e. The van der Waals surface area contributed by atoms with Gasteiger partial charge in [-0.25, -0.2) is 4.98 Å². The van der Waals surface area contributed by atoms with Crippen LogP contribution in [0.1, 0.15) is 22.0 Å². The van der Waals surface area contributed by atoms with Crippen molar-refractivity contribution in [1.29, 1.82) is 0 Å². The molecule has 1 aromatic heterocycles. The topological polar surface area (TPSA) is 47.8 Å². The molecular formula is C17H12ClN3OS. The molecule has 1 atom stereocenters. The fourth-order valence-corrected chi connectivity index (χ4v) is 3.80. The van der Waals surface area contributed by atoms with Gasteiger partial charge in [-0.2, -0.15) is 4.68 Å². The monoisotopic (exact) mass is 341 g/mol. The van der Waals surface area contributed by atoms with Crippen LogP contribution in [0.5, 0.6) is 0 Å². The Bertz CT molecular complexity index is 861. The van der Waals surface area contributed by atoms with Crippen LogP contribution < -0.4 is 0 Å². The molecule has 2 aromatic carbocycles. The van der Waals surface area contributed by atoms with Crippen molar-refractivity contribution in [3.05, 3.63) is 65.2 Å². The van der Waals surface area contributed by atoms with Gasteiger partial charge in [0.05, 0.1) is 0 Å². The summed E-state index contributed by atoms with van der Waals surface area (Å²) in [4.78, 5) is 16.9. The van der Waals surface area contributed by atoms with Crippen LogP contribution in [0.4, 0.5) is 0 Å². The Labute approximate surface area is 142 Å². The quantitative estimate of drug-likeness (QED) is 0.689. The van der Waals surface area contributed by atoms with E-state index in [1.165, 1.54) is 4.68 Å². The van der Waals surface area contributed by atoms with Gasteiger partial charge in [-0.15, -0.1) is 5.10 Å². The first-order valence-corrected chi connectivity index (χ1v) is 8.44. The van der Waals surface area contributed by atoms with Crippen molar-refractivity contribution in [2.75, 3.05) is 0 Å². The summed E-state index contributed by atoms with van der Waals surface area (Å²) in [5.41, 5.74) is 1.98. The highest BCUT2D eigenvalue weighted by atomic mass is 35.5. The summed E-state index contributed by atoms with van der Waals surface area (Å²) >= 11 is 7.49. The lowest BCUT2D eigenvalue weighted by atomic mass is 10.1. The van der Waals surface area contributed by atoms with Gasteiger partial charge >= 0.3 is 0 Å². The Kier molecular flexibility index (Phi) is 3.67. The average molecular weight is 342 g/mol. The Morgan fingerprint density at radius 2 is 1.83 bits per heavy atom. The van der Waals surface area contributed by atoms with Crippen LogP contribution in [0.2, 0.25) is 5.02 Å². The molecule has 0 bridgehead atoms. The molecule has 0 unspecified atom stereocenters. The zero-order valence-corrected chi connectivity index (χ0v) is 13.6. The number of hydrogen-bond donors (Lipinski definition) is 0. The van der Waals surface area contributed by atoms with Crippen molar-refractivity contribution in [3.8, 4) is 11.4 Å². The smallest absolute Gasteiger partial charge is 0.250 e. The van der Waals surface area contributed by atoms with Gasteiger partial charge in [-0.05, 0) is 17.7 Å². The number of aromatic nitrogens is 3. The maximum Gasteiger partial charge on any atom is 0.250 e. The van der Waals surface area contributed by atoms with Gasteiger partial charge in [-0.3, -0.25) is 4.79 Å². The van der Waals surface area contributed by atoms with Gasteiger partial charge in [-0.1, -0.05) is 65.8 Å². The van der Waals surface area contributed by atoms with Gasteiger partial charge in [0.25, 0.3) is 5.91 Å². The summed E-state index contributed by atoms with van der Waals surface area (Å²) in [5, 5.41) is 5.73. The third-order valence-electron chi connectivity index (χ3n) is 3.70. The van der Waals surface area contributed by atoms with Crippen molar-refractivity contribution in [2.24, 2.45) is 0 Å². The first kappa shape index (κ1) is 14.5. The number of hydrogen-bond acceptors (Lipinski definition) is 4. The Balaban J connectivity index is 1.68. The molecular weight excluding hydrogens is 330 g/mol. The van der Waals surface area contributed by atoms with E-state index in [4.69, 9.17) is 11.6 Å². The van der Waals surface area contributed by atoms with E-state index in [1.54, 1.807) is 11.8 Å². The summed E-state index contributed by atoms with van der Waals surface area (Å²) in [5.74, 6) is 0.548. The van der Waals surface area contributed by atoms with Crippen LogP contribution in [-0.4, -0.2) is 20.7 Å². The Morgan fingerprint density at radius 3 is 2.57 bits per heavy atom. The second-order valence-electron chi connectivity index (χ2n) is 5.25. The first-order valence-electron chi connectivity index (χ1n) is 7.18. The molecule has 0 N–H and O–H groups in total. The summed E-state index contributed by atoms with van der Waals surface area (Å²) in [6.07, 6.45) is 0.400. The normalized spacial score (nSPS) is 17.1. The number of rotatable bonds is 2. The van der Waals surface area contributed by atoms with Crippen molar-refractivity contribution in [3.63, 3.8) is 0 Å². The first-order chi connectivity index (χ1) is 11.2. The molecule has 0 fully saturated rings. The minimum absolute atomic E-state index is 0.0339. The number of nitrogens with zero attached hydrogens (tertiary/aromatic N) is 3. The van der Waals surface area contributed by atoms with E-state index in [2.05, 4.69) is 10.1 Å². The minimum atomic E-state index is -0.0339. The molecule has 3 aromatic rings. The van der Waals surface area contributed by atoms with Crippen molar-refractivity contribution in [2.45, 2.75) is 16.8 Å². The number of benzene rings is 2. The predicted molar refractivity (Wildman–Crippen MR) is 90.8 cm³/mol. The molecule has 0 amide bonds. The minimum Gasteiger partial charge on any atom is -0.272 e. The number of halogens is 1. The van der Waals surface area contributed by atoms with E-state index in [0.29, 0.717) is 22.4 Å². The average Bonchev–Trinajstić information content (AvgIpc) is 3.01. The van der Waals surface area contributed by atoms with E-state index in [0.717, 1.165) is 11.1 Å². The summed E-state index contributed by atoms with van der Waals surface area (Å²) in [6.45, 7) is 0. The van der Waals surface area contributed by atoms with Crippen LogP contribution in [-0.2, 0) is 0 Å². The van der Waals surface area contributed by atoms with Gasteiger partial charge in [0.15, 0.2) is 11.0 Å². The van der Waals surface area contributed by atoms with Crippen LogP contribution in [0.3, 0.4) is 0 Å². The van der Waals surface area contributed by atoms with Crippen LogP contribution in [0.15, 0.2) is 59.8 Å². The maximum absolute atomic E-state index is 12.4. The van der Waals surface area contributed by atoms with E-state index in [9.17, 15) is 4.79 Å². The molecule has 6 heteroatoms. The molecule has 4 nitrogen and oxygen atoms in total. The van der Waals surface area contributed by atoms with Crippen LogP contribution in [0.25, 0.3) is 11.4 Å². The highest BCUT2D eigenvalue weighted by Gasteiger charge is 2.30. The van der Waals surface area contributed by atoms with Crippen LogP contribution in [0, 0.1) is 0 Å². The van der Waals surface area contributed by atoms with Gasteiger partial charge in [0.2, 0.25) is 0 Å². The number of thioether (sulfide) groups is 1. The maximum atomic E-state index is 12.4. The number of carbonyl (C=O) groups is 1. The molecule has 0 spiro atoms. The highest BCUT2D eigenvalue weighted by Crippen LogP contribution is 2.41. The molecule has 0 radical (unpaired) electrons. The second-order valence-corrected chi connectivity index (χ2v) is 6.86. The van der Waals surface area contributed by atoms with E-state index >= 15 is 0 Å². The molecule has 0 saturated heterocycles. The molecule has 1 aliphatic heterocycles. The molecule has 2 heterocycles. The SMILES string of the molecule is O=C1C[C@H](c2ccc(Cl)cc2)Sc2nc(-c3ccccc3)nn21. The Morgan fingerprint density at radius 1 is 1.09 bits per heavy atom. The highest BCUT2D eigenvalue weighted by molar-refractivity contribution is 7.99. The number of fused-ring (bicyclic) bond motifs is 1. The van der Waals surface area contributed by atoms with E-state index in [-0.39, 0.29) is 11.2 Å². The molecule has 23 heavy (non-hydrogen) atoms. The fourth-order valence-electron chi connectivity index (χ4n) is 2.52. The van der Waals surface area contributed by atoms with Crippen molar-refractivity contribution in [1.82, 2.24) is 14.8 Å². The lowest BCUT2D eigenvalue weighted by molar-refractivity contribution is 0.0868. The fraction of sp³-hybridized carbons (Fsp3) is 0.118. The predicted octanol–water partition coefficient (Wildman–Crippen LogP) is 4.48. The van der Waals surface area contributed by atoms with Gasteiger partial charge in [0, 0.05) is 22.3 Å². The lowest BCUT2D eigenvalue weighted by Crippen LogP contribution is -2.20. The molecule has 1 aliphatic rings. The van der Waals surface area contributed by atoms with Crippen molar-refractivity contribution >= 4 is 29.3 Å². The number of carbonyl (C=O) groups excluding carboxylic acids is 1. The van der Waals surface area contributed by atoms with Crippen LogP contribution >= 0.6 is 23.4 Å². The molecule has 4 rings (SSSR count). The molecule has 114 valence electrons. The second kappa shape index (κ2) is 5.83. The standard InChI is InChI=1S/C17H12ClN3OS/c18-13-8-6-11(7-9-13)14-10-15(22)21-17(23-14)19-16(20-21)12-4-2-1-3-5-12/h1-9,14H,10H2/t14-/m1/s1. The third kappa shape index (κ3) is 2.78.